The van der Waals surface area contributed by atoms with Crippen LogP contribution in [0.3, 0.4) is 0 Å². The van der Waals surface area contributed by atoms with E-state index < -0.39 is 11.7 Å². The van der Waals surface area contributed by atoms with Crippen LogP contribution in [0.1, 0.15) is 59.3 Å². The maximum Gasteiger partial charge on any atom is 0.410 e. The summed E-state index contributed by atoms with van der Waals surface area (Å²) in [7, 11) is 0. The van der Waals surface area contributed by atoms with Crippen molar-refractivity contribution in [2.75, 3.05) is 26.2 Å². The highest BCUT2D eigenvalue weighted by molar-refractivity contribution is 5.81. The van der Waals surface area contributed by atoms with E-state index >= 15 is 0 Å². The van der Waals surface area contributed by atoms with Crippen molar-refractivity contribution in [3.05, 3.63) is 0 Å². The number of rotatable bonds is 7. The summed E-state index contributed by atoms with van der Waals surface area (Å²) in [5.74, 6) is -0.295. The van der Waals surface area contributed by atoms with Gasteiger partial charge >= 0.3 is 6.09 Å². The lowest BCUT2D eigenvalue weighted by Crippen LogP contribution is -2.51. The number of amides is 2. The number of ether oxygens (including phenoxy) is 1. The lowest BCUT2D eigenvalue weighted by Gasteiger charge is -2.38. The molecule has 0 aromatic heterocycles. The average molecular weight is 340 g/mol. The molecule has 0 saturated carbocycles. The van der Waals surface area contributed by atoms with Crippen LogP contribution in [-0.4, -0.2) is 64.8 Å². The number of hydrogen-bond acceptors (Lipinski definition) is 4. The van der Waals surface area contributed by atoms with Crippen molar-refractivity contribution in [2.24, 2.45) is 5.92 Å². The third kappa shape index (κ3) is 4.41. The van der Waals surface area contributed by atoms with Crippen molar-refractivity contribution in [1.29, 1.82) is 0 Å². The van der Waals surface area contributed by atoms with E-state index in [0.29, 0.717) is 32.5 Å². The largest absolute Gasteiger partial charge is 0.441 e. The molecule has 2 aliphatic rings. The smallest absolute Gasteiger partial charge is 0.410 e. The SMILES string of the molecule is CCCCCCN1CC2(CCN(C(=O)C(O)C(C)C)CC2)OC1=O. The van der Waals surface area contributed by atoms with Gasteiger partial charge in [0.25, 0.3) is 5.91 Å². The molecule has 2 fully saturated rings. The van der Waals surface area contributed by atoms with Crippen LogP contribution in [0.2, 0.25) is 0 Å². The minimum atomic E-state index is -0.944. The molecule has 138 valence electrons. The van der Waals surface area contributed by atoms with Crippen LogP contribution in [0.15, 0.2) is 0 Å². The predicted octanol–water partition coefficient (Wildman–Crippen LogP) is 2.40. The van der Waals surface area contributed by atoms with Gasteiger partial charge in [0, 0.05) is 32.5 Å². The van der Waals surface area contributed by atoms with Gasteiger partial charge in [-0.2, -0.15) is 0 Å². The van der Waals surface area contributed by atoms with Crippen LogP contribution in [0.25, 0.3) is 0 Å². The second kappa shape index (κ2) is 8.19. The van der Waals surface area contributed by atoms with Crippen molar-refractivity contribution in [2.45, 2.75) is 71.0 Å². The van der Waals surface area contributed by atoms with Gasteiger partial charge in [-0.15, -0.1) is 0 Å². The van der Waals surface area contributed by atoms with Gasteiger partial charge in [0.05, 0.1) is 6.54 Å². The van der Waals surface area contributed by atoms with E-state index in [2.05, 4.69) is 6.92 Å². The fourth-order valence-electron chi connectivity index (χ4n) is 3.46. The van der Waals surface area contributed by atoms with Crippen molar-refractivity contribution in [3.8, 4) is 0 Å². The Bertz CT molecular complexity index is 444. The Morgan fingerprint density at radius 2 is 1.92 bits per heavy atom. The molecule has 0 bridgehead atoms. The Kier molecular flexibility index (Phi) is 6.49. The third-order valence-electron chi connectivity index (χ3n) is 5.19. The molecule has 0 aromatic rings. The number of unbranched alkanes of at least 4 members (excludes halogenated alkanes) is 3. The summed E-state index contributed by atoms with van der Waals surface area (Å²) in [6, 6.07) is 0. The van der Waals surface area contributed by atoms with Crippen LogP contribution in [-0.2, 0) is 9.53 Å². The van der Waals surface area contributed by atoms with E-state index in [1.165, 1.54) is 12.8 Å². The second-order valence-electron chi connectivity index (χ2n) is 7.55. The summed E-state index contributed by atoms with van der Waals surface area (Å²) >= 11 is 0. The Balaban J connectivity index is 1.83. The fraction of sp³-hybridized carbons (Fsp3) is 0.889. The molecule has 24 heavy (non-hydrogen) atoms. The second-order valence-corrected chi connectivity index (χ2v) is 7.55. The van der Waals surface area contributed by atoms with Crippen LogP contribution < -0.4 is 0 Å². The average Bonchev–Trinajstić information content (AvgIpc) is 2.86. The van der Waals surface area contributed by atoms with Gasteiger partial charge in [-0.3, -0.25) is 4.79 Å². The van der Waals surface area contributed by atoms with Gasteiger partial charge in [0.2, 0.25) is 0 Å². The van der Waals surface area contributed by atoms with Gasteiger partial charge in [0.15, 0.2) is 0 Å². The van der Waals surface area contributed by atoms with E-state index in [4.69, 9.17) is 4.74 Å². The lowest BCUT2D eigenvalue weighted by molar-refractivity contribution is -0.145. The first-order valence-corrected chi connectivity index (χ1v) is 9.33. The molecule has 0 radical (unpaired) electrons. The predicted molar refractivity (Wildman–Crippen MR) is 91.6 cm³/mol. The molecule has 0 aromatic carbocycles. The topological polar surface area (TPSA) is 70.1 Å². The summed E-state index contributed by atoms with van der Waals surface area (Å²) in [6.45, 7) is 8.32. The Morgan fingerprint density at radius 1 is 1.25 bits per heavy atom. The quantitative estimate of drug-likeness (QED) is 0.723. The zero-order valence-electron chi connectivity index (χ0n) is 15.3. The molecule has 1 spiro atoms. The number of carbonyl (C=O) groups excluding carboxylic acids is 2. The van der Waals surface area contributed by atoms with E-state index in [1.807, 2.05) is 18.7 Å². The molecule has 2 saturated heterocycles. The molecule has 1 N–H and O–H groups in total. The lowest BCUT2D eigenvalue weighted by atomic mass is 9.90. The molecule has 2 heterocycles. The first-order valence-electron chi connectivity index (χ1n) is 9.33. The van der Waals surface area contributed by atoms with E-state index in [0.717, 1.165) is 19.4 Å². The van der Waals surface area contributed by atoms with Gasteiger partial charge in [-0.05, 0) is 12.3 Å². The maximum absolute atomic E-state index is 12.2. The Morgan fingerprint density at radius 3 is 2.50 bits per heavy atom. The van der Waals surface area contributed by atoms with E-state index in [-0.39, 0.29) is 17.9 Å². The Hall–Kier alpha value is -1.30. The van der Waals surface area contributed by atoms with Gasteiger partial charge in [-0.1, -0.05) is 40.0 Å². The van der Waals surface area contributed by atoms with Crippen molar-refractivity contribution in [1.82, 2.24) is 9.80 Å². The van der Waals surface area contributed by atoms with Gasteiger partial charge in [0.1, 0.15) is 11.7 Å². The highest BCUT2D eigenvalue weighted by atomic mass is 16.6. The maximum atomic E-state index is 12.2. The molecule has 6 nitrogen and oxygen atoms in total. The first-order chi connectivity index (χ1) is 11.4. The summed E-state index contributed by atoms with van der Waals surface area (Å²) in [6.07, 6.45) is 4.69. The fourth-order valence-corrected chi connectivity index (χ4v) is 3.46. The summed E-state index contributed by atoms with van der Waals surface area (Å²) in [4.78, 5) is 27.9. The number of aliphatic hydroxyl groups excluding tert-OH is 1. The van der Waals surface area contributed by atoms with Gasteiger partial charge < -0.3 is 19.6 Å². The van der Waals surface area contributed by atoms with Crippen LogP contribution >= 0.6 is 0 Å². The minimum Gasteiger partial charge on any atom is -0.441 e. The molecule has 1 unspecified atom stereocenters. The molecule has 0 aliphatic carbocycles. The van der Waals surface area contributed by atoms with Crippen molar-refractivity contribution >= 4 is 12.0 Å². The number of nitrogens with zero attached hydrogens (tertiary/aromatic N) is 2. The van der Waals surface area contributed by atoms with Gasteiger partial charge in [-0.25, -0.2) is 4.79 Å². The number of aliphatic hydroxyl groups is 1. The number of likely N-dealkylation sites (tertiary alicyclic amines) is 1. The van der Waals surface area contributed by atoms with Crippen LogP contribution in [0.4, 0.5) is 4.79 Å². The zero-order valence-corrected chi connectivity index (χ0v) is 15.3. The van der Waals surface area contributed by atoms with E-state index in [1.54, 1.807) is 4.90 Å². The van der Waals surface area contributed by atoms with Crippen molar-refractivity contribution in [3.63, 3.8) is 0 Å². The number of carbonyl (C=O) groups is 2. The van der Waals surface area contributed by atoms with Crippen LogP contribution in [0, 0.1) is 5.92 Å². The molecule has 2 rings (SSSR count). The molecule has 6 heteroatoms. The zero-order chi connectivity index (χ0) is 17.7. The summed E-state index contributed by atoms with van der Waals surface area (Å²) < 4.78 is 5.68. The number of hydrogen-bond donors (Lipinski definition) is 1. The highest BCUT2D eigenvalue weighted by Gasteiger charge is 2.47. The van der Waals surface area contributed by atoms with Crippen LogP contribution in [0.5, 0.6) is 0 Å². The normalized spacial score (nSPS) is 21.5. The van der Waals surface area contributed by atoms with E-state index in [9.17, 15) is 14.7 Å². The molecule has 2 aliphatic heterocycles. The molecular weight excluding hydrogens is 308 g/mol. The third-order valence-corrected chi connectivity index (χ3v) is 5.19. The molecular formula is C18H32N2O4. The monoisotopic (exact) mass is 340 g/mol. The summed E-state index contributed by atoms with van der Waals surface area (Å²) in [5.41, 5.74) is -0.443. The number of piperidine rings is 1. The molecule has 1 atom stereocenters. The molecule has 2 amide bonds. The standard InChI is InChI=1S/C18H32N2O4/c1-4-5-6-7-10-20-13-18(24-17(20)23)8-11-19(12-9-18)16(22)15(21)14(2)3/h14-15,21H,4-13H2,1-3H3. The first kappa shape index (κ1) is 19.0. The Labute approximate surface area is 145 Å². The van der Waals surface area contributed by atoms with Crippen molar-refractivity contribution < 1.29 is 19.4 Å². The summed E-state index contributed by atoms with van der Waals surface area (Å²) in [5, 5.41) is 9.94. The highest BCUT2D eigenvalue weighted by Crippen LogP contribution is 2.33. The minimum absolute atomic E-state index is 0.0868.